The molecule has 0 N–H and O–H groups in total. The lowest BCUT2D eigenvalue weighted by molar-refractivity contribution is -0.127. The summed E-state index contributed by atoms with van der Waals surface area (Å²) in [6.07, 6.45) is 8.10. The first kappa shape index (κ1) is 10.6. The summed E-state index contributed by atoms with van der Waals surface area (Å²) < 4.78 is 0. The fourth-order valence-electron chi connectivity index (χ4n) is 2.78. The number of carbonyl (C=O) groups excluding carboxylic acids is 2. The fourth-order valence-corrected chi connectivity index (χ4v) is 2.78. The van der Waals surface area contributed by atoms with E-state index in [9.17, 15) is 9.59 Å². The Morgan fingerprint density at radius 1 is 1.20 bits per heavy atom. The van der Waals surface area contributed by atoms with Crippen molar-refractivity contribution in [3.63, 3.8) is 0 Å². The molecular weight excluding hydrogens is 188 g/mol. The molecule has 0 spiro atoms. The van der Waals surface area contributed by atoms with Crippen LogP contribution in [0.4, 0.5) is 0 Å². The largest absolute Gasteiger partial charge is 0.300 e. The van der Waals surface area contributed by atoms with Crippen molar-refractivity contribution >= 4 is 11.6 Å². The van der Waals surface area contributed by atoms with E-state index >= 15 is 0 Å². The van der Waals surface area contributed by atoms with Crippen LogP contribution >= 0.6 is 0 Å². The molecule has 0 aliphatic heterocycles. The zero-order chi connectivity index (χ0) is 10.8. The number of fused-ring (bicyclic) bond motifs is 2. The van der Waals surface area contributed by atoms with E-state index in [1.165, 1.54) is 0 Å². The number of carbonyl (C=O) groups is 2. The molecule has 2 heteroatoms. The molecule has 15 heavy (non-hydrogen) atoms. The maximum Gasteiger partial charge on any atom is 0.137 e. The van der Waals surface area contributed by atoms with Gasteiger partial charge in [-0.05, 0) is 24.7 Å². The Hall–Kier alpha value is -0.920. The lowest BCUT2D eigenvalue weighted by Crippen LogP contribution is -2.19. The number of ketones is 2. The highest BCUT2D eigenvalue weighted by Crippen LogP contribution is 2.44. The molecule has 2 bridgehead atoms. The second-order valence-electron chi connectivity index (χ2n) is 4.75. The molecule has 2 aliphatic rings. The van der Waals surface area contributed by atoms with Gasteiger partial charge >= 0.3 is 0 Å². The van der Waals surface area contributed by atoms with Crippen LogP contribution in [-0.4, -0.2) is 11.6 Å². The van der Waals surface area contributed by atoms with Gasteiger partial charge in [-0.3, -0.25) is 9.59 Å². The van der Waals surface area contributed by atoms with E-state index in [0.717, 1.165) is 12.8 Å². The summed E-state index contributed by atoms with van der Waals surface area (Å²) in [6.45, 7) is 1.85. The Kier molecular flexibility index (Phi) is 3.03. The summed E-state index contributed by atoms with van der Waals surface area (Å²) in [5, 5.41) is 0. The number of Topliss-reactive ketones (excluding diaryl/α,β-unsaturated/α-hetero) is 2. The van der Waals surface area contributed by atoms with Crippen LogP contribution in [-0.2, 0) is 9.59 Å². The van der Waals surface area contributed by atoms with Crippen LogP contribution in [0.2, 0.25) is 0 Å². The highest BCUT2D eigenvalue weighted by Gasteiger charge is 2.39. The van der Waals surface area contributed by atoms with Crippen molar-refractivity contribution in [2.24, 2.45) is 17.8 Å². The van der Waals surface area contributed by atoms with Gasteiger partial charge in [0, 0.05) is 25.2 Å². The molecule has 2 nitrogen and oxygen atoms in total. The first-order valence-electron chi connectivity index (χ1n) is 5.93. The topological polar surface area (TPSA) is 34.1 Å². The minimum Gasteiger partial charge on any atom is -0.300 e. The van der Waals surface area contributed by atoms with Crippen molar-refractivity contribution in [1.29, 1.82) is 0 Å². The average Bonchev–Trinajstić information content (AvgIpc) is 2.86. The molecular formula is C13H18O2. The van der Waals surface area contributed by atoms with Gasteiger partial charge in [0.1, 0.15) is 11.6 Å². The zero-order valence-electron chi connectivity index (χ0n) is 9.24. The third-order valence-corrected chi connectivity index (χ3v) is 3.74. The molecule has 0 aromatic rings. The van der Waals surface area contributed by atoms with Gasteiger partial charge in [0.15, 0.2) is 0 Å². The predicted molar refractivity (Wildman–Crippen MR) is 58.4 cm³/mol. The molecule has 2 rings (SSSR count). The lowest BCUT2D eigenvalue weighted by atomic mass is 9.87. The molecule has 0 radical (unpaired) electrons. The molecule has 0 aromatic heterocycles. The van der Waals surface area contributed by atoms with Gasteiger partial charge in [-0.2, -0.15) is 0 Å². The van der Waals surface area contributed by atoms with Crippen molar-refractivity contribution in [2.45, 2.75) is 39.0 Å². The molecule has 1 fully saturated rings. The normalized spacial score (nSPS) is 32.2. The van der Waals surface area contributed by atoms with Gasteiger partial charge in [0.05, 0.1) is 0 Å². The average molecular weight is 206 g/mol. The Balaban J connectivity index is 1.82. The second kappa shape index (κ2) is 4.30. The van der Waals surface area contributed by atoms with Crippen LogP contribution in [0.3, 0.4) is 0 Å². The highest BCUT2D eigenvalue weighted by molar-refractivity contribution is 5.87. The lowest BCUT2D eigenvalue weighted by Gasteiger charge is -2.16. The van der Waals surface area contributed by atoms with Crippen molar-refractivity contribution in [2.75, 3.05) is 0 Å². The van der Waals surface area contributed by atoms with E-state index in [0.29, 0.717) is 36.9 Å². The first-order valence-corrected chi connectivity index (χ1v) is 5.93. The quantitative estimate of drug-likeness (QED) is 0.648. The monoisotopic (exact) mass is 206 g/mol. The Bertz CT molecular complexity index is 304. The van der Waals surface area contributed by atoms with Crippen LogP contribution < -0.4 is 0 Å². The Labute approximate surface area is 90.7 Å². The molecule has 0 aromatic carbocycles. The summed E-state index contributed by atoms with van der Waals surface area (Å²) in [4.78, 5) is 23.0. The minimum absolute atomic E-state index is 0.210. The Morgan fingerprint density at radius 2 is 2.00 bits per heavy atom. The summed E-state index contributed by atoms with van der Waals surface area (Å²) >= 11 is 0. The van der Waals surface area contributed by atoms with Gasteiger partial charge in [-0.25, -0.2) is 0 Å². The van der Waals surface area contributed by atoms with E-state index in [2.05, 4.69) is 12.2 Å². The number of rotatable bonds is 5. The fraction of sp³-hybridized carbons (Fsp3) is 0.692. The van der Waals surface area contributed by atoms with E-state index < -0.39 is 0 Å². The van der Waals surface area contributed by atoms with Gasteiger partial charge < -0.3 is 0 Å². The van der Waals surface area contributed by atoms with E-state index in [-0.39, 0.29) is 11.7 Å². The summed E-state index contributed by atoms with van der Waals surface area (Å²) in [6, 6.07) is 0. The molecule has 82 valence electrons. The SMILES string of the molecule is CCC(=O)CCC(=O)[C@H]1C[C@H]2C=C[C@@H]1C2. The van der Waals surface area contributed by atoms with Crippen LogP contribution in [0.15, 0.2) is 12.2 Å². The molecule has 1 saturated carbocycles. The minimum atomic E-state index is 0.210. The molecule has 0 amide bonds. The maximum absolute atomic E-state index is 11.9. The van der Waals surface area contributed by atoms with Crippen LogP contribution in [0.25, 0.3) is 0 Å². The zero-order valence-corrected chi connectivity index (χ0v) is 9.24. The predicted octanol–water partition coefficient (Wildman–Crippen LogP) is 2.53. The van der Waals surface area contributed by atoms with E-state index in [4.69, 9.17) is 0 Å². The molecule has 3 atom stereocenters. The first-order chi connectivity index (χ1) is 7.20. The molecule has 0 heterocycles. The van der Waals surface area contributed by atoms with Gasteiger partial charge in [0.2, 0.25) is 0 Å². The smallest absolute Gasteiger partial charge is 0.137 e. The number of allylic oxidation sites excluding steroid dienone is 2. The number of hydrogen-bond acceptors (Lipinski definition) is 2. The third-order valence-electron chi connectivity index (χ3n) is 3.74. The summed E-state index contributed by atoms with van der Waals surface area (Å²) in [5.41, 5.74) is 0. The van der Waals surface area contributed by atoms with Crippen LogP contribution in [0.5, 0.6) is 0 Å². The Morgan fingerprint density at radius 3 is 2.53 bits per heavy atom. The van der Waals surface area contributed by atoms with Gasteiger partial charge in [-0.1, -0.05) is 19.1 Å². The second-order valence-corrected chi connectivity index (χ2v) is 4.75. The highest BCUT2D eigenvalue weighted by atomic mass is 16.1. The van der Waals surface area contributed by atoms with Crippen molar-refractivity contribution in [1.82, 2.24) is 0 Å². The van der Waals surface area contributed by atoms with E-state index in [1.54, 1.807) is 0 Å². The van der Waals surface area contributed by atoms with Crippen LogP contribution in [0.1, 0.15) is 39.0 Å². The summed E-state index contributed by atoms with van der Waals surface area (Å²) in [5.74, 6) is 1.88. The van der Waals surface area contributed by atoms with Gasteiger partial charge in [0.25, 0.3) is 0 Å². The number of hydrogen-bond donors (Lipinski definition) is 0. The van der Waals surface area contributed by atoms with Crippen molar-refractivity contribution in [3.05, 3.63) is 12.2 Å². The van der Waals surface area contributed by atoms with Crippen molar-refractivity contribution < 1.29 is 9.59 Å². The molecule has 2 aliphatic carbocycles. The van der Waals surface area contributed by atoms with Gasteiger partial charge in [-0.15, -0.1) is 0 Å². The molecule has 0 saturated heterocycles. The standard InChI is InChI=1S/C13H18O2/c1-2-11(14)5-6-13(15)12-8-9-3-4-10(12)7-9/h3-4,9-10,12H,2,5-8H2,1H3/t9-,10+,12-/m0/s1. The third kappa shape index (κ3) is 2.19. The molecule has 0 unspecified atom stereocenters. The van der Waals surface area contributed by atoms with E-state index in [1.807, 2.05) is 6.92 Å². The summed E-state index contributed by atoms with van der Waals surface area (Å²) in [7, 11) is 0. The van der Waals surface area contributed by atoms with Crippen molar-refractivity contribution in [3.8, 4) is 0 Å². The van der Waals surface area contributed by atoms with Crippen LogP contribution in [0, 0.1) is 17.8 Å². The maximum atomic E-state index is 11.9.